The van der Waals surface area contributed by atoms with E-state index < -0.39 is 0 Å². The summed E-state index contributed by atoms with van der Waals surface area (Å²) in [6.45, 7) is 8.57. The SMILES string of the molecule is CC1(C)CC(NC(=O)c2nc[nH]c2C(=O)NC2CCCCC2)CC(C)(C)N1. The summed E-state index contributed by atoms with van der Waals surface area (Å²) < 4.78 is 0. The number of aromatic amines is 1. The van der Waals surface area contributed by atoms with Gasteiger partial charge in [-0.1, -0.05) is 19.3 Å². The Bertz CT molecular complexity index is 672. The predicted molar refractivity (Wildman–Crippen MR) is 105 cm³/mol. The van der Waals surface area contributed by atoms with Gasteiger partial charge in [0.2, 0.25) is 0 Å². The molecule has 0 aromatic carbocycles. The summed E-state index contributed by atoms with van der Waals surface area (Å²) in [6.07, 6.45) is 8.59. The first-order chi connectivity index (χ1) is 12.7. The van der Waals surface area contributed by atoms with Gasteiger partial charge < -0.3 is 20.9 Å². The molecule has 4 N–H and O–H groups in total. The highest BCUT2D eigenvalue weighted by Crippen LogP contribution is 2.28. The molecule has 2 fully saturated rings. The molecule has 0 atom stereocenters. The summed E-state index contributed by atoms with van der Waals surface area (Å²) in [6, 6.07) is 0.228. The van der Waals surface area contributed by atoms with Gasteiger partial charge in [0.25, 0.3) is 11.8 Å². The first-order valence-electron chi connectivity index (χ1n) is 10.1. The van der Waals surface area contributed by atoms with E-state index in [1.165, 1.54) is 12.7 Å². The minimum Gasteiger partial charge on any atom is -0.348 e. The Hall–Kier alpha value is -1.89. The molecular weight excluding hydrogens is 342 g/mol. The number of hydrogen-bond acceptors (Lipinski definition) is 4. The molecule has 0 bridgehead atoms. The lowest BCUT2D eigenvalue weighted by Crippen LogP contribution is -2.62. The Balaban J connectivity index is 1.65. The van der Waals surface area contributed by atoms with Gasteiger partial charge in [0.15, 0.2) is 5.69 Å². The maximum absolute atomic E-state index is 12.8. The zero-order chi connectivity index (χ0) is 19.7. The monoisotopic (exact) mass is 375 g/mol. The average Bonchev–Trinajstić information content (AvgIpc) is 3.02. The number of nitrogens with zero attached hydrogens (tertiary/aromatic N) is 1. The van der Waals surface area contributed by atoms with E-state index in [9.17, 15) is 9.59 Å². The molecule has 1 aliphatic carbocycles. The highest BCUT2D eigenvalue weighted by molar-refractivity contribution is 6.04. The minimum atomic E-state index is -0.288. The largest absolute Gasteiger partial charge is 0.348 e. The fourth-order valence-electron chi connectivity index (χ4n) is 4.82. The van der Waals surface area contributed by atoms with E-state index in [1.54, 1.807) is 0 Å². The summed E-state index contributed by atoms with van der Waals surface area (Å²) in [5.41, 5.74) is 0.307. The highest BCUT2D eigenvalue weighted by atomic mass is 16.2. The number of rotatable bonds is 4. The van der Waals surface area contributed by atoms with Crippen molar-refractivity contribution >= 4 is 11.8 Å². The van der Waals surface area contributed by atoms with Crippen LogP contribution in [-0.4, -0.2) is 44.9 Å². The molecule has 0 radical (unpaired) electrons. The quantitative estimate of drug-likeness (QED) is 0.650. The number of piperidine rings is 1. The van der Waals surface area contributed by atoms with Crippen LogP contribution in [0.3, 0.4) is 0 Å². The van der Waals surface area contributed by atoms with Crippen molar-refractivity contribution in [1.82, 2.24) is 25.9 Å². The average molecular weight is 376 g/mol. The van der Waals surface area contributed by atoms with Gasteiger partial charge in [-0.25, -0.2) is 4.98 Å². The summed E-state index contributed by atoms with van der Waals surface area (Å²) >= 11 is 0. The second-order valence-electron chi connectivity index (χ2n) is 9.41. The molecule has 2 heterocycles. The number of hydrogen-bond donors (Lipinski definition) is 4. The lowest BCUT2D eigenvalue weighted by molar-refractivity contribution is 0.0850. The molecule has 1 saturated carbocycles. The highest BCUT2D eigenvalue weighted by Gasteiger charge is 2.38. The molecule has 2 amide bonds. The Morgan fingerprint density at radius 1 is 0.963 bits per heavy atom. The van der Waals surface area contributed by atoms with Crippen LogP contribution in [0.25, 0.3) is 0 Å². The molecule has 3 rings (SSSR count). The van der Waals surface area contributed by atoms with E-state index in [4.69, 9.17) is 0 Å². The Kier molecular flexibility index (Phi) is 5.60. The van der Waals surface area contributed by atoms with Crippen molar-refractivity contribution in [3.63, 3.8) is 0 Å². The summed E-state index contributed by atoms with van der Waals surface area (Å²) in [7, 11) is 0. The van der Waals surface area contributed by atoms with Crippen molar-refractivity contribution in [2.24, 2.45) is 0 Å². The normalized spacial score (nSPS) is 23.0. The molecule has 2 aliphatic rings. The number of aromatic nitrogens is 2. The molecule has 1 saturated heterocycles. The van der Waals surface area contributed by atoms with Gasteiger partial charge in [-0.3, -0.25) is 9.59 Å². The van der Waals surface area contributed by atoms with Gasteiger partial charge in [0.1, 0.15) is 5.69 Å². The van der Waals surface area contributed by atoms with E-state index >= 15 is 0 Å². The number of carbonyl (C=O) groups excluding carboxylic acids is 2. The Morgan fingerprint density at radius 2 is 1.56 bits per heavy atom. The Morgan fingerprint density at radius 3 is 2.19 bits per heavy atom. The van der Waals surface area contributed by atoms with Crippen molar-refractivity contribution in [2.45, 2.75) is 95.8 Å². The van der Waals surface area contributed by atoms with Crippen molar-refractivity contribution < 1.29 is 9.59 Å². The van der Waals surface area contributed by atoms with Crippen LogP contribution in [0.1, 0.15) is 93.6 Å². The molecule has 1 aromatic heterocycles. The van der Waals surface area contributed by atoms with Crippen LogP contribution >= 0.6 is 0 Å². The van der Waals surface area contributed by atoms with Gasteiger partial charge in [-0.05, 0) is 53.4 Å². The van der Waals surface area contributed by atoms with Crippen LogP contribution in [0.15, 0.2) is 6.33 Å². The lowest BCUT2D eigenvalue weighted by atomic mass is 9.79. The van der Waals surface area contributed by atoms with Gasteiger partial charge in [0, 0.05) is 23.2 Å². The predicted octanol–water partition coefficient (Wildman–Crippen LogP) is 2.51. The molecule has 1 aliphatic heterocycles. The number of nitrogens with one attached hydrogen (secondary N) is 4. The van der Waals surface area contributed by atoms with E-state index in [2.05, 4.69) is 53.6 Å². The summed E-state index contributed by atoms with van der Waals surface area (Å²) in [5.74, 6) is -0.529. The van der Waals surface area contributed by atoms with Crippen molar-refractivity contribution in [1.29, 1.82) is 0 Å². The van der Waals surface area contributed by atoms with Crippen LogP contribution in [0, 0.1) is 0 Å². The third-order valence-electron chi connectivity index (χ3n) is 5.55. The van der Waals surface area contributed by atoms with Gasteiger partial charge in [0.05, 0.1) is 6.33 Å². The molecule has 27 heavy (non-hydrogen) atoms. The first-order valence-corrected chi connectivity index (χ1v) is 10.1. The topological polar surface area (TPSA) is 98.9 Å². The number of H-pyrrole nitrogens is 1. The second-order valence-corrected chi connectivity index (χ2v) is 9.41. The summed E-state index contributed by atoms with van der Waals surface area (Å²) in [5, 5.41) is 9.74. The molecule has 0 spiro atoms. The lowest BCUT2D eigenvalue weighted by Gasteiger charge is -2.46. The number of imidazole rings is 1. The molecular formula is C20H33N5O2. The van der Waals surface area contributed by atoms with Gasteiger partial charge >= 0.3 is 0 Å². The van der Waals surface area contributed by atoms with E-state index in [0.717, 1.165) is 38.5 Å². The first kappa shape index (κ1) is 19.9. The fraction of sp³-hybridized carbons (Fsp3) is 0.750. The third-order valence-corrected chi connectivity index (χ3v) is 5.55. The third kappa shape index (κ3) is 5.09. The number of carbonyl (C=O) groups is 2. The second kappa shape index (κ2) is 7.62. The molecule has 1 aromatic rings. The Labute approximate surface area is 161 Å². The van der Waals surface area contributed by atoms with Gasteiger partial charge in [-0.2, -0.15) is 0 Å². The molecule has 150 valence electrons. The van der Waals surface area contributed by atoms with Crippen LogP contribution < -0.4 is 16.0 Å². The van der Waals surface area contributed by atoms with E-state index in [0.29, 0.717) is 0 Å². The number of amides is 2. The van der Waals surface area contributed by atoms with Crippen LogP contribution in [-0.2, 0) is 0 Å². The summed E-state index contributed by atoms with van der Waals surface area (Å²) in [4.78, 5) is 32.4. The van der Waals surface area contributed by atoms with Crippen LogP contribution in [0.5, 0.6) is 0 Å². The van der Waals surface area contributed by atoms with E-state index in [-0.39, 0.29) is 46.4 Å². The molecule has 7 nitrogen and oxygen atoms in total. The maximum atomic E-state index is 12.8. The zero-order valence-corrected chi connectivity index (χ0v) is 16.9. The minimum absolute atomic E-state index is 0.0368. The standard InChI is InChI=1S/C20H33N5O2/c1-19(2)10-14(11-20(3,4)25-19)24-18(27)16-15(21-12-22-16)17(26)23-13-8-6-5-7-9-13/h12-14,25H,5-11H2,1-4H3,(H,21,22)(H,23,26)(H,24,27). The molecule has 0 unspecified atom stereocenters. The maximum Gasteiger partial charge on any atom is 0.272 e. The van der Waals surface area contributed by atoms with Crippen molar-refractivity contribution in [3.05, 3.63) is 17.7 Å². The molecule has 7 heteroatoms. The van der Waals surface area contributed by atoms with Crippen molar-refractivity contribution in [3.8, 4) is 0 Å². The fourth-order valence-corrected chi connectivity index (χ4v) is 4.82. The van der Waals surface area contributed by atoms with E-state index in [1.807, 2.05) is 0 Å². The van der Waals surface area contributed by atoms with Gasteiger partial charge in [-0.15, -0.1) is 0 Å². The zero-order valence-electron chi connectivity index (χ0n) is 16.9. The van der Waals surface area contributed by atoms with Crippen molar-refractivity contribution in [2.75, 3.05) is 0 Å². The van der Waals surface area contributed by atoms with Crippen LogP contribution in [0.2, 0.25) is 0 Å². The smallest absolute Gasteiger partial charge is 0.272 e. The van der Waals surface area contributed by atoms with Crippen LogP contribution in [0.4, 0.5) is 0 Å².